The van der Waals surface area contributed by atoms with Crippen LogP contribution in [0.5, 0.6) is 0 Å². The number of amides is 2. The van der Waals surface area contributed by atoms with Gasteiger partial charge < -0.3 is 9.94 Å². The Labute approximate surface area is 196 Å². The van der Waals surface area contributed by atoms with Gasteiger partial charge in [-0.15, -0.1) is 10.2 Å². The van der Waals surface area contributed by atoms with E-state index in [-0.39, 0.29) is 5.13 Å². The van der Waals surface area contributed by atoms with E-state index in [2.05, 4.69) is 21.6 Å². The summed E-state index contributed by atoms with van der Waals surface area (Å²) in [6.07, 6.45) is 6.30. The number of carbonyl (C=O) groups excluding carboxylic acids is 1. The molecule has 1 saturated heterocycles. The molecule has 1 aromatic carbocycles. The van der Waals surface area contributed by atoms with Crippen molar-refractivity contribution in [1.82, 2.24) is 10.2 Å². The van der Waals surface area contributed by atoms with Crippen LogP contribution in [0.2, 0.25) is 0 Å². The number of rotatable bonds is 5. The van der Waals surface area contributed by atoms with E-state index in [0.29, 0.717) is 36.8 Å². The number of fused-ring (bicyclic) bond motifs is 2. The SMILES string of the molecule is Cc1nnc(N(C2CCOCC2)S(=O)(=O)[NH+]([O-])C(=O)Nc2c3c(cc4c2CCC4)CCC3)s1. The average Bonchev–Trinajstić information content (AvgIpc) is 3.55. The Kier molecular flexibility index (Phi) is 6.12. The molecule has 3 aliphatic rings. The first-order valence-corrected chi connectivity index (χ1v) is 13.6. The van der Waals surface area contributed by atoms with Crippen molar-refractivity contribution < 1.29 is 22.4 Å². The van der Waals surface area contributed by atoms with Crippen LogP contribution in [-0.4, -0.2) is 43.9 Å². The van der Waals surface area contributed by atoms with Crippen LogP contribution in [0.4, 0.5) is 15.6 Å². The summed E-state index contributed by atoms with van der Waals surface area (Å²) in [5.41, 5.74) is 5.10. The number of ether oxygens (including phenoxy) is 1. The smallest absolute Gasteiger partial charge is 0.436 e. The quantitative estimate of drug-likeness (QED) is 0.606. The van der Waals surface area contributed by atoms with E-state index in [1.807, 2.05) is 0 Å². The van der Waals surface area contributed by atoms with Crippen LogP contribution in [0.25, 0.3) is 0 Å². The number of aryl methyl sites for hydroxylation is 3. The maximum Gasteiger partial charge on any atom is 0.436 e. The number of carbonyl (C=O) groups is 1. The summed E-state index contributed by atoms with van der Waals surface area (Å²) < 4.78 is 31.8. The van der Waals surface area contributed by atoms with E-state index in [9.17, 15) is 18.4 Å². The van der Waals surface area contributed by atoms with Gasteiger partial charge in [0.2, 0.25) is 5.13 Å². The van der Waals surface area contributed by atoms with Crippen LogP contribution >= 0.6 is 11.3 Å². The summed E-state index contributed by atoms with van der Waals surface area (Å²) in [5, 5.41) is 24.4. The predicted octanol–water partition coefficient (Wildman–Crippen LogP) is 1.67. The molecule has 178 valence electrons. The summed E-state index contributed by atoms with van der Waals surface area (Å²) in [7, 11) is -4.65. The van der Waals surface area contributed by atoms with Crippen LogP contribution < -0.4 is 14.1 Å². The normalized spacial score (nSPS) is 19.2. The summed E-state index contributed by atoms with van der Waals surface area (Å²) in [6.45, 7) is 2.45. The molecule has 1 fully saturated rings. The standard InChI is InChI=1S/C21H27N5O5S2/c1-13-23-24-21(32-13)25(16-8-10-31-11-9-16)33(29,30)26(28)20(27)22-19-17-6-2-4-14(17)12-15-5-3-7-18(15)19/h12,16,26H,2-11H2,1H3,(H,22,27). The molecule has 10 nitrogen and oxygen atoms in total. The van der Waals surface area contributed by atoms with Gasteiger partial charge in [-0.3, -0.25) is 5.32 Å². The van der Waals surface area contributed by atoms with Gasteiger partial charge in [0.15, 0.2) is 0 Å². The monoisotopic (exact) mass is 493 g/mol. The van der Waals surface area contributed by atoms with E-state index in [1.54, 1.807) is 6.92 Å². The van der Waals surface area contributed by atoms with Crippen molar-refractivity contribution in [3.05, 3.63) is 38.5 Å². The molecule has 2 heterocycles. The molecule has 12 heteroatoms. The summed E-state index contributed by atoms with van der Waals surface area (Å²) in [6, 6.07) is 0.574. The highest BCUT2D eigenvalue weighted by Crippen LogP contribution is 2.38. The van der Waals surface area contributed by atoms with E-state index in [1.165, 1.54) is 11.1 Å². The van der Waals surface area contributed by atoms with Crippen LogP contribution in [-0.2, 0) is 40.6 Å². The number of nitrogens with zero attached hydrogens (tertiary/aromatic N) is 3. The number of anilines is 2. The first-order valence-electron chi connectivity index (χ1n) is 11.3. The number of benzene rings is 1. The van der Waals surface area contributed by atoms with Crippen LogP contribution in [0.15, 0.2) is 6.07 Å². The molecule has 2 amide bonds. The fourth-order valence-corrected chi connectivity index (χ4v) is 7.47. The number of hydrogen-bond acceptors (Lipinski definition) is 8. The number of urea groups is 1. The van der Waals surface area contributed by atoms with Crippen molar-refractivity contribution in [1.29, 1.82) is 0 Å². The van der Waals surface area contributed by atoms with Crippen molar-refractivity contribution in [2.24, 2.45) is 0 Å². The van der Waals surface area contributed by atoms with Gasteiger partial charge in [-0.25, -0.2) is 4.79 Å². The zero-order chi connectivity index (χ0) is 23.2. The number of nitrogens with one attached hydrogen (secondary N) is 2. The van der Waals surface area contributed by atoms with Gasteiger partial charge in [-0.2, -0.15) is 17.2 Å². The van der Waals surface area contributed by atoms with Gasteiger partial charge in [-0.05, 0) is 80.5 Å². The molecule has 2 N–H and O–H groups in total. The first-order chi connectivity index (χ1) is 15.9. The third-order valence-electron chi connectivity index (χ3n) is 6.62. The second-order valence-electron chi connectivity index (χ2n) is 8.72. The number of aromatic nitrogens is 2. The minimum absolute atomic E-state index is 0.0991. The van der Waals surface area contributed by atoms with Crippen molar-refractivity contribution in [3.63, 3.8) is 0 Å². The third kappa shape index (κ3) is 4.14. The van der Waals surface area contributed by atoms with Gasteiger partial charge in [-0.1, -0.05) is 17.4 Å². The molecule has 1 atom stereocenters. The molecule has 2 aliphatic carbocycles. The molecule has 1 aromatic heterocycles. The Morgan fingerprint density at radius 3 is 2.36 bits per heavy atom. The summed E-state index contributed by atoms with van der Waals surface area (Å²) in [5.74, 6) is 0. The second-order valence-corrected chi connectivity index (χ2v) is 11.6. The Balaban J connectivity index is 1.45. The van der Waals surface area contributed by atoms with E-state index >= 15 is 0 Å². The zero-order valence-electron chi connectivity index (χ0n) is 18.4. The van der Waals surface area contributed by atoms with Gasteiger partial charge in [0, 0.05) is 13.2 Å². The molecule has 0 saturated carbocycles. The maximum atomic E-state index is 13.5. The molecule has 2 aromatic rings. The Morgan fingerprint density at radius 2 is 1.79 bits per heavy atom. The fraction of sp³-hybridized carbons (Fsp3) is 0.571. The highest BCUT2D eigenvalue weighted by atomic mass is 32.2. The van der Waals surface area contributed by atoms with Gasteiger partial charge in [0.25, 0.3) is 0 Å². The third-order valence-corrected chi connectivity index (χ3v) is 9.21. The molecule has 33 heavy (non-hydrogen) atoms. The molecule has 5 rings (SSSR count). The summed E-state index contributed by atoms with van der Waals surface area (Å²) >= 11 is 1.08. The van der Waals surface area contributed by atoms with Crippen molar-refractivity contribution in [2.45, 2.75) is 64.3 Å². The van der Waals surface area contributed by atoms with Crippen LogP contribution in [0, 0.1) is 12.1 Å². The fourth-order valence-electron chi connectivity index (χ4n) is 5.09. The lowest BCUT2D eigenvalue weighted by molar-refractivity contribution is -0.604. The largest absolute Gasteiger partial charge is 0.608 e. The lowest BCUT2D eigenvalue weighted by Gasteiger charge is -2.34. The molecule has 0 bridgehead atoms. The average molecular weight is 494 g/mol. The van der Waals surface area contributed by atoms with Crippen molar-refractivity contribution in [2.75, 3.05) is 22.8 Å². The van der Waals surface area contributed by atoms with E-state index < -0.39 is 26.8 Å². The highest BCUT2D eigenvalue weighted by molar-refractivity contribution is 7.87. The molecule has 0 radical (unpaired) electrons. The predicted molar refractivity (Wildman–Crippen MR) is 124 cm³/mol. The van der Waals surface area contributed by atoms with Gasteiger partial charge in [0.1, 0.15) is 5.01 Å². The van der Waals surface area contributed by atoms with Crippen LogP contribution in [0.1, 0.15) is 52.9 Å². The lowest BCUT2D eigenvalue weighted by Crippen LogP contribution is -3.14. The zero-order valence-corrected chi connectivity index (χ0v) is 20.1. The number of hydroxylamine groups is 1. The van der Waals surface area contributed by atoms with Crippen LogP contribution in [0.3, 0.4) is 0 Å². The minimum atomic E-state index is -4.65. The van der Waals surface area contributed by atoms with E-state index in [0.717, 1.165) is 65.3 Å². The van der Waals surface area contributed by atoms with Crippen molar-refractivity contribution >= 4 is 38.4 Å². The first kappa shape index (κ1) is 22.7. The molecule has 0 spiro atoms. The minimum Gasteiger partial charge on any atom is -0.608 e. The van der Waals surface area contributed by atoms with E-state index in [4.69, 9.17) is 4.74 Å². The molecule has 1 aliphatic heterocycles. The lowest BCUT2D eigenvalue weighted by atomic mass is 9.99. The van der Waals surface area contributed by atoms with Gasteiger partial charge >= 0.3 is 16.2 Å². The molecule has 1 unspecified atom stereocenters. The Bertz CT molecular complexity index is 1140. The molecular formula is C21H27N5O5S2. The van der Waals surface area contributed by atoms with Crippen molar-refractivity contribution in [3.8, 4) is 0 Å². The van der Waals surface area contributed by atoms with Gasteiger partial charge in [0.05, 0.1) is 11.7 Å². The topological polar surface area (TPSA) is 129 Å². The maximum absolute atomic E-state index is 13.5. The number of quaternary nitrogens is 1. The highest BCUT2D eigenvalue weighted by Gasteiger charge is 2.41. The molecular weight excluding hydrogens is 466 g/mol. The number of hydrogen-bond donors (Lipinski definition) is 2. The Hall–Kier alpha value is -2.12. The second kappa shape index (κ2) is 8.91. The summed E-state index contributed by atoms with van der Waals surface area (Å²) in [4.78, 5) is 13.1. The Morgan fingerprint density at radius 1 is 1.15 bits per heavy atom.